The normalized spacial score (nSPS) is 19.7. The summed E-state index contributed by atoms with van der Waals surface area (Å²) >= 11 is 0. The summed E-state index contributed by atoms with van der Waals surface area (Å²) < 4.78 is 4.95. The molecule has 1 aliphatic carbocycles. The van der Waals surface area contributed by atoms with Gasteiger partial charge in [-0.2, -0.15) is 0 Å². The van der Waals surface area contributed by atoms with Crippen LogP contribution in [0.3, 0.4) is 0 Å². The summed E-state index contributed by atoms with van der Waals surface area (Å²) in [6.07, 6.45) is 5.83. The number of rotatable bonds is 2. The van der Waals surface area contributed by atoms with Gasteiger partial charge >= 0.3 is 6.03 Å². The summed E-state index contributed by atoms with van der Waals surface area (Å²) in [6.45, 7) is 3.94. The largest absolute Gasteiger partial charge is 0.361 e. The smallest absolute Gasteiger partial charge is 0.317 e. The summed E-state index contributed by atoms with van der Waals surface area (Å²) in [5.41, 5.74) is 0.336. The number of carbonyl (C=O) groups is 2. The van der Waals surface area contributed by atoms with Gasteiger partial charge in [-0.15, -0.1) is 0 Å². The molecule has 2 fully saturated rings. The van der Waals surface area contributed by atoms with Gasteiger partial charge in [0.25, 0.3) is 5.91 Å². The van der Waals surface area contributed by atoms with Crippen LogP contribution < -0.4 is 5.32 Å². The molecule has 0 spiro atoms. The standard InChI is InChI=1S/C16H24N4O3/c1-12-11-14(18-23-12)15(21)19-7-9-20(10-8-19)16(22)17-13-5-3-2-4-6-13/h11,13H,2-10H2,1H3,(H,17,22). The van der Waals surface area contributed by atoms with Crippen molar-refractivity contribution < 1.29 is 14.1 Å². The molecule has 126 valence electrons. The van der Waals surface area contributed by atoms with E-state index in [0.717, 1.165) is 12.8 Å². The van der Waals surface area contributed by atoms with Gasteiger partial charge in [-0.25, -0.2) is 4.79 Å². The maximum atomic E-state index is 12.3. The molecule has 1 aliphatic heterocycles. The number of hydrogen-bond donors (Lipinski definition) is 1. The number of aromatic nitrogens is 1. The predicted octanol–water partition coefficient (Wildman–Crippen LogP) is 1.78. The Morgan fingerprint density at radius 2 is 1.78 bits per heavy atom. The molecule has 7 heteroatoms. The maximum absolute atomic E-state index is 12.3. The van der Waals surface area contributed by atoms with Crippen molar-refractivity contribution in [3.63, 3.8) is 0 Å². The minimum Gasteiger partial charge on any atom is -0.361 e. The van der Waals surface area contributed by atoms with E-state index >= 15 is 0 Å². The Morgan fingerprint density at radius 3 is 2.39 bits per heavy atom. The minimum atomic E-state index is -0.130. The maximum Gasteiger partial charge on any atom is 0.317 e. The fourth-order valence-electron chi connectivity index (χ4n) is 3.25. The number of nitrogens with one attached hydrogen (secondary N) is 1. The predicted molar refractivity (Wildman–Crippen MR) is 84.1 cm³/mol. The summed E-state index contributed by atoms with van der Waals surface area (Å²) in [6, 6.07) is 1.96. The van der Waals surface area contributed by atoms with Gasteiger partial charge in [0.05, 0.1) is 0 Å². The van der Waals surface area contributed by atoms with Crippen LogP contribution >= 0.6 is 0 Å². The van der Waals surface area contributed by atoms with Gasteiger partial charge < -0.3 is 19.6 Å². The summed E-state index contributed by atoms with van der Waals surface area (Å²) in [5.74, 6) is 0.494. The highest BCUT2D eigenvalue weighted by Gasteiger charge is 2.27. The molecule has 1 N–H and O–H groups in total. The zero-order chi connectivity index (χ0) is 16.2. The molecule has 0 radical (unpaired) electrons. The van der Waals surface area contributed by atoms with E-state index in [4.69, 9.17) is 4.52 Å². The molecule has 1 saturated carbocycles. The lowest BCUT2D eigenvalue weighted by molar-refractivity contribution is 0.0652. The van der Waals surface area contributed by atoms with Crippen molar-refractivity contribution in [3.05, 3.63) is 17.5 Å². The van der Waals surface area contributed by atoms with Crippen molar-refractivity contribution in [1.29, 1.82) is 0 Å². The molecular weight excluding hydrogens is 296 g/mol. The molecule has 0 unspecified atom stereocenters. The number of nitrogens with zero attached hydrogens (tertiary/aromatic N) is 3. The minimum absolute atomic E-state index is 0.00118. The molecule has 1 aromatic heterocycles. The topological polar surface area (TPSA) is 78.7 Å². The molecule has 3 amide bonds. The van der Waals surface area contributed by atoms with Crippen LogP contribution in [0.2, 0.25) is 0 Å². The van der Waals surface area contributed by atoms with Gasteiger partial charge in [-0.1, -0.05) is 24.4 Å². The van der Waals surface area contributed by atoms with Crippen LogP contribution in [0, 0.1) is 6.92 Å². The molecule has 1 saturated heterocycles. The van der Waals surface area contributed by atoms with Crippen molar-refractivity contribution in [2.45, 2.75) is 45.1 Å². The summed E-state index contributed by atoms with van der Waals surface area (Å²) in [4.78, 5) is 28.1. The van der Waals surface area contributed by atoms with E-state index in [2.05, 4.69) is 10.5 Å². The Kier molecular flexibility index (Phi) is 4.83. The molecule has 3 rings (SSSR count). The molecule has 7 nitrogen and oxygen atoms in total. The van der Waals surface area contributed by atoms with Crippen LogP contribution in [-0.4, -0.2) is 59.1 Å². The highest BCUT2D eigenvalue weighted by molar-refractivity contribution is 5.92. The van der Waals surface area contributed by atoms with E-state index in [-0.39, 0.29) is 11.9 Å². The Bertz CT molecular complexity index is 557. The fraction of sp³-hybridized carbons (Fsp3) is 0.688. The van der Waals surface area contributed by atoms with Crippen LogP contribution in [-0.2, 0) is 0 Å². The first kappa shape index (κ1) is 15.8. The SMILES string of the molecule is Cc1cc(C(=O)N2CCN(C(=O)NC3CCCCC3)CC2)no1. The van der Waals surface area contributed by atoms with Crippen molar-refractivity contribution >= 4 is 11.9 Å². The summed E-state index contributed by atoms with van der Waals surface area (Å²) in [5, 5.41) is 6.89. The highest BCUT2D eigenvalue weighted by atomic mass is 16.5. The number of urea groups is 1. The molecule has 0 atom stereocenters. The molecule has 0 aromatic carbocycles. The Labute approximate surface area is 136 Å². The van der Waals surface area contributed by atoms with Gasteiger partial charge in [0.1, 0.15) is 5.76 Å². The van der Waals surface area contributed by atoms with Gasteiger partial charge in [-0.3, -0.25) is 4.79 Å². The second kappa shape index (κ2) is 7.02. The molecule has 2 heterocycles. The lowest BCUT2D eigenvalue weighted by Gasteiger charge is -2.35. The Morgan fingerprint density at radius 1 is 1.13 bits per heavy atom. The zero-order valence-corrected chi connectivity index (χ0v) is 13.6. The lowest BCUT2D eigenvalue weighted by atomic mass is 9.96. The van der Waals surface area contributed by atoms with Crippen LogP contribution in [0.1, 0.15) is 48.4 Å². The number of amides is 3. The van der Waals surface area contributed by atoms with E-state index in [1.807, 2.05) is 0 Å². The second-order valence-corrected chi connectivity index (χ2v) is 6.39. The Hall–Kier alpha value is -2.05. The number of carbonyl (C=O) groups excluding carboxylic acids is 2. The van der Waals surface area contributed by atoms with Crippen LogP contribution in [0.4, 0.5) is 4.79 Å². The molecule has 23 heavy (non-hydrogen) atoms. The Balaban J connectivity index is 1.47. The van der Waals surface area contributed by atoms with Gasteiger partial charge in [0.15, 0.2) is 5.69 Å². The lowest BCUT2D eigenvalue weighted by Crippen LogP contribution is -2.54. The number of piperazine rings is 1. The van der Waals surface area contributed by atoms with Gasteiger partial charge in [0, 0.05) is 38.3 Å². The number of aryl methyl sites for hydroxylation is 1. The molecule has 0 bridgehead atoms. The second-order valence-electron chi connectivity index (χ2n) is 6.39. The van der Waals surface area contributed by atoms with Crippen molar-refractivity contribution in [2.75, 3.05) is 26.2 Å². The third kappa shape index (κ3) is 3.83. The first-order valence-electron chi connectivity index (χ1n) is 8.41. The van der Waals surface area contributed by atoms with E-state index in [0.29, 0.717) is 43.7 Å². The van der Waals surface area contributed by atoms with E-state index in [1.54, 1.807) is 22.8 Å². The van der Waals surface area contributed by atoms with Crippen molar-refractivity contribution in [1.82, 2.24) is 20.3 Å². The van der Waals surface area contributed by atoms with Crippen LogP contribution in [0.25, 0.3) is 0 Å². The van der Waals surface area contributed by atoms with Crippen LogP contribution in [0.15, 0.2) is 10.6 Å². The molecule has 1 aromatic rings. The van der Waals surface area contributed by atoms with Crippen molar-refractivity contribution in [2.24, 2.45) is 0 Å². The van der Waals surface area contributed by atoms with E-state index < -0.39 is 0 Å². The third-order valence-corrected chi connectivity index (χ3v) is 4.63. The van der Waals surface area contributed by atoms with Gasteiger partial charge in [0.2, 0.25) is 0 Å². The average Bonchev–Trinajstić information content (AvgIpc) is 3.02. The highest BCUT2D eigenvalue weighted by Crippen LogP contribution is 2.18. The fourth-order valence-corrected chi connectivity index (χ4v) is 3.25. The first-order chi connectivity index (χ1) is 11.1. The van der Waals surface area contributed by atoms with Crippen LogP contribution in [0.5, 0.6) is 0 Å². The third-order valence-electron chi connectivity index (χ3n) is 4.63. The quantitative estimate of drug-likeness (QED) is 0.901. The summed E-state index contributed by atoms with van der Waals surface area (Å²) in [7, 11) is 0. The molecular formula is C16H24N4O3. The van der Waals surface area contributed by atoms with Gasteiger partial charge in [-0.05, 0) is 19.8 Å². The zero-order valence-electron chi connectivity index (χ0n) is 13.6. The average molecular weight is 320 g/mol. The van der Waals surface area contributed by atoms with Crippen molar-refractivity contribution in [3.8, 4) is 0 Å². The monoisotopic (exact) mass is 320 g/mol. The first-order valence-corrected chi connectivity index (χ1v) is 8.41. The van der Waals surface area contributed by atoms with E-state index in [1.165, 1.54) is 19.3 Å². The number of hydrogen-bond acceptors (Lipinski definition) is 4. The molecule has 2 aliphatic rings. The van der Waals surface area contributed by atoms with E-state index in [9.17, 15) is 9.59 Å².